The minimum atomic E-state index is -1.01. The van der Waals surface area contributed by atoms with Gasteiger partial charge in [0.1, 0.15) is 6.04 Å². The van der Waals surface area contributed by atoms with Gasteiger partial charge in [0.15, 0.2) is 5.96 Å². The second kappa shape index (κ2) is 21.2. The van der Waals surface area contributed by atoms with Crippen molar-refractivity contribution in [1.82, 2.24) is 31.6 Å². The SMILES string of the molecule is O=C(O)NCCCCCCNC(=Nc1ccccc1)NCCNC(=O)C(Cc1c[nH]c2ccccc12)NC(=O)c1cc(Br)ccc1NC(=O)c1ccc2ccccc2c1. The molecule has 59 heavy (non-hydrogen) atoms. The van der Waals surface area contributed by atoms with Crippen LogP contribution in [-0.2, 0) is 11.2 Å². The van der Waals surface area contributed by atoms with Crippen LogP contribution in [0.1, 0.15) is 52.0 Å². The van der Waals surface area contributed by atoms with Gasteiger partial charge in [0, 0.05) is 59.7 Å². The van der Waals surface area contributed by atoms with Gasteiger partial charge in [-0.05, 0) is 77.7 Å². The standard InChI is InChI=1S/C45H47BrN8O5/c46-34-20-21-39(53-41(55)32-19-18-30-12-6-7-13-31(30)26-32)37(28-34)42(56)54-40(27-33-29-51-38-17-9-8-16-36(33)38)43(57)47-24-25-49-44(52-35-14-4-3-5-15-35)48-22-10-1-2-11-23-50-45(58)59/h3-9,12-21,26,28-29,40,50-51H,1-2,10-11,22-25,27H2,(H,47,57)(H,53,55)(H,54,56)(H,58,59)(H2,48,49,52). The lowest BCUT2D eigenvalue weighted by molar-refractivity contribution is -0.122. The second-order valence-electron chi connectivity index (χ2n) is 13.9. The van der Waals surface area contributed by atoms with Gasteiger partial charge < -0.3 is 42.0 Å². The van der Waals surface area contributed by atoms with Gasteiger partial charge in [0.05, 0.1) is 16.9 Å². The number of aromatic amines is 1. The van der Waals surface area contributed by atoms with Crippen LogP contribution in [0.2, 0.25) is 0 Å². The highest BCUT2D eigenvalue weighted by molar-refractivity contribution is 9.10. The molecule has 6 rings (SSSR count). The Bertz CT molecular complexity index is 2420. The summed E-state index contributed by atoms with van der Waals surface area (Å²) in [5, 5.41) is 29.5. The number of hydrogen-bond donors (Lipinski definition) is 8. The number of guanidine groups is 1. The number of hydrogen-bond acceptors (Lipinski definition) is 5. The number of para-hydroxylation sites is 2. The first kappa shape index (κ1) is 41.9. The van der Waals surface area contributed by atoms with Crippen LogP contribution in [0.5, 0.6) is 0 Å². The van der Waals surface area contributed by atoms with Gasteiger partial charge >= 0.3 is 6.09 Å². The Morgan fingerprint density at radius 3 is 2.17 bits per heavy atom. The lowest BCUT2D eigenvalue weighted by Crippen LogP contribution is -2.50. The molecule has 0 bridgehead atoms. The van der Waals surface area contributed by atoms with Crippen LogP contribution < -0.4 is 31.9 Å². The van der Waals surface area contributed by atoms with E-state index in [1.807, 2.05) is 91.1 Å². The molecular weight excluding hydrogens is 812 g/mol. The average Bonchev–Trinajstić information content (AvgIpc) is 3.65. The summed E-state index contributed by atoms with van der Waals surface area (Å²) >= 11 is 3.47. The van der Waals surface area contributed by atoms with E-state index in [-0.39, 0.29) is 30.3 Å². The van der Waals surface area contributed by atoms with E-state index in [0.29, 0.717) is 41.3 Å². The highest BCUT2D eigenvalue weighted by Gasteiger charge is 2.25. The van der Waals surface area contributed by atoms with E-state index in [2.05, 4.69) is 52.8 Å². The Labute approximate surface area is 350 Å². The monoisotopic (exact) mass is 858 g/mol. The van der Waals surface area contributed by atoms with E-state index in [4.69, 9.17) is 10.1 Å². The van der Waals surface area contributed by atoms with Crippen molar-refractivity contribution in [3.8, 4) is 0 Å². The molecule has 0 saturated heterocycles. The molecule has 1 unspecified atom stereocenters. The van der Waals surface area contributed by atoms with Gasteiger partial charge in [-0.25, -0.2) is 9.79 Å². The molecular formula is C45H47BrN8O5. The fourth-order valence-corrected chi connectivity index (χ4v) is 6.93. The van der Waals surface area contributed by atoms with Crippen molar-refractivity contribution < 1.29 is 24.3 Å². The van der Waals surface area contributed by atoms with E-state index >= 15 is 0 Å². The Kier molecular flexibility index (Phi) is 15.1. The molecule has 8 N–H and O–H groups in total. The quantitative estimate of drug-likeness (QED) is 0.0250. The van der Waals surface area contributed by atoms with Crippen LogP contribution in [0.15, 0.2) is 131 Å². The molecule has 13 nitrogen and oxygen atoms in total. The van der Waals surface area contributed by atoms with Crippen LogP contribution in [-0.4, -0.2) is 72.1 Å². The Morgan fingerprint density at radius 1 is 0.678 bits per heavy atom. The Hall–Kier alpha value is -6.67. The number of carboxylic acid groups (broad SMARTS) is 1. The molecule has 1 aromatic heterocycles. The number of nitrogens with zero attached hydrogens (tertiary/aromatic N) is 1. The zero-order valence-electron chi connectivity index (χ0n) is 32.4. The van der Waals surface area contributed by atoms with Crippen molar-refractivity contribution in [2.24, 2.45) is 4.99 Å². The number of amides is 4. The third-order valence-electron chi connectivity index (χ3n) is 9.59. The second-order valence-corrected chi connectivity index (χ2v) is 14.8. The number of nitrogens with one attached hydrogen (secondary N) is 7. The number of H-pyrrole nitrogens is 1. The molecule has 4 amide bonds. The summed E-state index contributed by atoms with van der Waals surface area (Å²) in [5.74, 6) is -0.732. The number of benzene rings is 5. The molecule has 304 valence electrons. The largest absolute Gasteiger partial charge is 0.465 e. The fourth-order valence-electron chi connectivity index (χ4n) is 6.57. The number of anilines is 1. The number of aliphatic imine (C=N–C) groups is 1. The zero-order valence-corrected chi connectivity index (χ0v) is 34.0. The summed E-state index contributed by atoms with van der Waals surface area (Å²) < 4.78 is 0.629. The number of fused-ring (bicyclic) bond motifs is 2. The summed E-state index contributed by atoms with van der Waals surface area (Å²) in [6.07, 6.45) is 4.48. The third-order valence-corrected chi connectivity index (χ3v) is 10.1. The van der Waals surface area contributed by atoms with Crippen LogP contribution in [0, 0.1) is 0 Å². The van der Waals surface area contributed by atoms with Gasteiger partial charge in [-0.3, -0.25) is 14.4 Å². The minimum absolute atomic E-state index is 0.191. The molecule has 0 aliphatic rings. The average molecular weight is 860 g/mol. The molecule has 1 atom stereocenters. The van der Waals surface area contributed by atoms with Gasteiger partial charge in [0.25, 0.3) is 11.8 Å². The minimum Gasteiger partial charge on any atom is -0.465 e. The van der Waals surface area contributed by atoms with Crippen LogP contribution >= 0.6 is 15.9 Å². The number of carbonyl (C=O) groups is 4. The predicted octanol–water partition coefficient (Wildman–Crippen LogP) is 7.49. The fraction of sp³-hybridized carbons (Fsp3) is 0.222. The van der Waals surface area contributed by atoms with Crippen LogP contribution in [0.25, 0.3) is 21.7 Å². The van der Waals surface area contributed by atoms with E-state index in [9.17, 15) is 19.2 Å². The van der Waals surface area contributed by atoms with E-state index < -0.39 is 18.0 Å². The summed E-state index contributed by atoms with van der Waals surface area (Å²) in [7, 11) is 0. The molecule has 0 spiro atoms. The van der Waals surface area contributed by atoms with Crippen molar-refractivity contribution in [3.05, 3.63) is 143 Å². The number of rotatable bonds is 18. The van der Waals surface area contributed by atoms with Crippen molar-refractivity contribution in [2.75, 3.05) is 31.5 Å². The summed E-state index contributed by atoms with van der Waals surface area (Å²) in [6.45, 7) is 1.65. The van der Waals surface area contributed by atoms with Gasteiger partial charge in [0.2, 0.25) is 5.91 Å². The van der Waals surface area contributed by atoms with Crippen LogP contribution in [0.4, 0.5) is 16.2 Å². The topological polar surface area (TPSA) is 189 Å². The highest BCUT2D eigenvalue weighted by Crippen LogP contribution is 2.24. The van der Waals surface area contributed by atoms with Crippen LogP contribution in [0.3, 0.4) is 0 Å². The summed E-state index contributed by atoms with van der Waals surface area (Å²) in [6, 6.07) is 34.5. The lowest BCUT2D eigenvalue weighted by Gasteiger charge is -2.20. The van der Waals surface area contributed by atoms with E-state index in [1.54, 1.807) is 30.3 Å². The Morgan fingerprint density at radius 2 is 1.37 bits per heavy atom. The molecule has 0 radical (unpaired) electrons. The normalized spacial score (nSPS) is 11.8. The molecule has 0 aliphatic heterocycles. The first-order valence-electron chi connectivity index (χ1n) is 19.5. The van der Waals surface area contributed by atoms with Crippen molar-refractivity contribution in [2.45, 2.75) is 38.1 Å². The maximum absolute atomic E-state index is 14.1. The Balaban J connectivity index is 1.12. The summed E-state index contributed by atoms with van der Waals surface area (Å²) in [4.78, 5) is 60.1. The lowest BCUT2D eigenvalue weighted by atomic mass is 10.0. The first-order valence-corrected chi connectivity index (χ1v) is 20.3. The molecule has 0 fully saturated rings. The van der Waals surface area contributed by atoms with Crippen molar-refractivity contribution in [1.29, 1.82) is 0 Å². The molecule has 1 heterocycles. The van der Waals surface area contributed by atoms with E-state index in [1.165, 1.54) is 0 Å². The van der Waals surface area contributed by atoms with Gasteiger partial charge in [-0.1, -0.05) is 95.5 Å². The number of aromatic nitrogens is 1. The van der Waals surface area contributed by atoms with Gasteiger partial charge in [-0.2, -0.15) is 0 Å². The maximum Gasteiger partial charge on any atom is 0.404 e. The zero-order chi connectivity index (χ0) is 41.4. The predicted molar refractivity (Wildman–Crippen MR) is 236 cm³/mol. The smallest absolute Gasteiger partial charge is 0.404 e. The van der Waals surface area contributed by atoms with E-state index in [0.717, 1.165) is 58.6 Å². The number of carbonyl (C=O) groups excluding carboxylic acids is 3. The van der Waals surface area contributed by atoms with Crippen molar-refractivity contribution >= 4 is 78.8 Å². The van der Waals surface area contributed by atoms with Crippen molar-refractivity contribution in [3.63, 3.8) is 0 Å². The molecule has 6 aromatic rings. The maximum atomic E-state index is 14.1. The molecule has 0 aliphatic carbocycles. The highest BCUT2D eigenvalue weighted by atomic mass is 79.9. The number of unbranched alkanes of at least 4 members (excludes halogenated alkanes) is 3. The number of halogens is 1. The van der Waals surface area contributed by atoms with Gasteiger partial charge in [-0.15, -0.1) is 0 Å². The molecule has 0 saturated carbocycles. The molecule has 14 heteroatoms. The third kappa shape index (κ3) is 12.4. The first-order chi connectivity index (χ1) is 28.7. The summed E-state index contributed by atoms with van der Waals surface area (Å²) in [5.41, 5.74) is 3.46. The molecule has 5 aromatic carbocycles.